The number of carbonyl (C=O) groups is 2. The number of thiophene rings is 1. The average Bonchev–Trinajstić information content (AvgIpc) is 3.26. The fourth-order valence-electron chi connectivity index (χ4n) is 2.62. The Morgan fingerprint density at radius 2 is 1.94 bits per heavy atom. The van der Waals surface area contributed by atoms with E-state index >= 15 is 0 Å². The molecule has 1 heterocycles. The van der Waals surface area contributed by atoms with Crippen LogP contribution in [-0.2, 0) is 4.79 Å². The maximum absolute atomic E-state index is 12.8. The molecule has 0 saturated heterocycles. The van der Waals surface area contributed by atoms with E-state index in [9.17, 15) is 9.59 Å². The summed E-state index contributed by atoms with van der Waals surface area (Å²) in [6, 6.07) is 13.9. The quantitative estimate of drug-likeness (QED) is 0.204. The molecule has 0 bridgehead atoms. The Balaban J connectivity index is 1.82. The molecule has 0 saturated carbocycles. The van der Waals surface area contributed by atoms with Gasteiger partial charge in [0.2, 0.25) is 0 Å². The molecule has 32 heavy (non-hydrogen) atoms. The molecule has 2 amide bonds. The second kappa shape index (κ2) is 11.4. The molecule has 3 rings (SSSR count). The predicted octanol–water partition coefficient (Wildman–Crippen LogP) is 5.86. The van der Waals surface area contributed by atoms with Crippen LogP contribution in [0.25, 0.3) is 6.08 Å². The predicted molar refractivity (Wildman–Crippen MR) is 135 cm³/mol. The number of rotatable bonds is 7. The van der Waals surface area contributed by atoms with Gasteiger partial charge in [-0.25, -0.2) is 5.43 Å². The molecule has 0 aliphatic carbocycles. The fraction of sp³-hybridized carbons (Fsp3) is 0.0455. The Hall–Kier alpha value is -2.46. The Bertz CT molecular complexity index is 1200. The lowest BCUT2D eigenvalue weighted by Crippen LogP contribution is -2.33. The number of hydrogen-bond donors (Lipinski definition) is 2. The van der Waals surface area contributed by atoms with Gasteiger partial charge < -0.3 is 10.1 Å². The highest BCUT2D eigenvalue weighted by atomic mass is 79.9. The SMILES string of the molecule is COc1c(Br)cc(Br)cc1/C=N/NC(=O)/C(=C/c1cccs1)NC(=O)c1ccccc1Cl. The normalized spacial score (nSPS) is 11.4. The Kier molecular flexibility index (Phi) is 8.63. The lowest BCUT2D eigenvalue weighted by Gasteiger charge is -2.10. The first-order valence-corrected chi connectivity index (χ1v) is 11.9. The first-order valence-electron chi connectivity index (χ1n) is 9.06. The van der Waals surface area contributed by atoms with E-state index in [-0.39, 0.29) is 16.3 Å². The third kappa shape index (κ3) is 6.29. The molecule has 1 aromatic heterocycles. The number of benzene rings is 2. The minimum atomic E-state index is -0.594. The number of nitrogens with one attached hydrogen (secondary N) is 2. The van der Waals surface area contributed by atoms with Crippen LogP contribution in [0.15, 0.2) is 73.7 Å². The minimum Gasteiger partial charge on any atom is -0.495 e. The van der Waals surface area contributed by atoms with Crippen LogP contribution in [0.1, 0.15) is 20.8 Å². The van der Waals surface area contributed by atoms with Crippen LogP contribution in [-0.4, -0.2) is 25.1 Å². The molecule has 164 valence electrons. The highest BCUT2D eigenvalue weighted by Gasteiger charge is 2.16. The largest absolute Gasteiger partial charge is 0.495 e. The summed E-state index contributed by atoms with van der Waals surface area (Å²) in [6.45, 7) is 0. The minimum absolute atomic E-state index is 0.0249. The Labute approximate surface area is 210 Å². The molecule has 6 nitrogen and oxygen atoms in total. The van der Waals surface area contributed by atoms with Crippen LogP contribution >= 0.6 is 54.8 Å². The molecule has 0 fully saturated rings. The van der Waals surface area contributed by atoms with Gasteiger partial charge in [-0.3, -0.25) is 9.59 Å². The van der Waals surface area contributed by atoms with Crippen molar-refractivity contribution in [2.75, 3.05) is 7.11 Å². The second-order valence-electron chi connectivity index (χ2n) is 6.22. The summed E-state index contributed by atoms with van der Waals surface area (Å²) < 4.78 is 6.91. The van der Waals surface area contributed by atoms with Crippen LogP contribution in [0.5, 0.6) is 5.75 Å². The number of ether oxygens (including phenoxy) is 1. The second-order valence-corrected chi connectivity index (χ2v) is 9.37. The summed E-state index contributed by atoms with van der Waals surface area (Å²) in [5.74, 6) is -0.536. The van der Waals surface area contributed by atoms with Gasteiger partial charge in [0.25, 0.3) is 11.8 Å². The van der Waals surface area contributed by atoms with Crippen LogP contribution in [0.3, 0.4) is 0 Å². The molecule has 0 atom stereocenters. The number of nitrogens with zero attached hydrogens (tertiary/aromatic N) is 1. The van der Waals surface area contributed by atoms with Crippen molar-refractivity contribution in [3.8, 4) is 5.75 Å². The molecule has 10 heteroatoms. The van der Waals surface area contributed by atoms with Crippen LogP contribution in [0, 0.1) is 0 Å². The number of carbonyl (C=O) groups excluding carboxylic acids is 2. The van der Waals surface area contributed by atoms with Gasteiger partial charge in [0.05, 0.1) is 28.4 Å². The zero-order valence-corrected chi connectivity index (χ0v) is 21.3. The van der Waals surface area contributed by atoms with Gasteiger partial charge in [-0.05, 0) is 57.7 Å². The topological polar surface area (TPSA) is 79.8 Å². The number of amides is 2. The van der Waals surface area contributed by atoms with Crippen molar-refractivity contribution >= 4 is 78.9 Å². The van der Waals surface area contributed by atoms with Crippen molar-refractivity contribution in [3.05, 3.63) is 89.6 Å². The van der Waals surface area contributed by atoms with Crippen molar-refractivity contribution in [1.82, 2.24) is 10.7 Å². The van der Waals surface area contributed by atoms with E-state index < -0.39 is 11.8 Å². The molecular formula is C22H16Br2ClN3O3S. The lowest BCUT2D eigenvalue weighted by atomic mass is 10.2. The standard InChI is InChI=1S/C22H16Br2ClN3O3S/c1-31-20-13(9-14(23)10-17(20)24)12-26-28-22(30)19(11-15-5-4-8-32-15)27-21(29)16-6-2-3-7-18(16)25/h2-12H,1H3,(H,27,29)(H,28,30)/b19-11-,26-12+. The summed E-state index contributed by atoms with van der Waals surface area (Å²) in [7, 11) is 1.54. The van der Waals surface area contributed by atoms with E-state index in [4.69, 9.17) is 16.3 Å². The summed E-state index contributed by atoms with van der Waals surface area (Å²) in [6.07, 6.45) is 3.02. The van der Waals surface area contributed by atoms with Gasteiger partial charge in [-0.1, -0.05) is 45.7 Å². The number of hydrogen-bond acceptors (Lipinski definition) is 5. The van der Waals surface area contributed by atoms with E-state index in [1.807, 2.05) is 23.6 Å². The number of methoxy groups -OCH3 is 1. The smallest absolute Gasteiger partial charge is 0.287 e. The highest BCUT2D eigenvalue weighted by Crippen LogP contribution is 2.31. The fourth-order valence-corrected chi connectivity index (χ4v) is 4.92. The summed E-state index contributed by atoms with van der Waals surface area (Å²) in [5.41, 5.74) is 3.36. The van der Waals surface area contributed by atoms with Crippen LogP contribution in [0.4, 0.5) is 0 Å². The average molecular weight is 598 g/mol. The maximum atomic E-state index is 12.8. The summed E-state index contributed by atoms with van der Waals surface area (Å²) in [5, 5.41) is 8.79. The van der Waals surface area contributed by atoms with E-state index in [0.717, 1.165) is 13.8 Å². The lowest BCUT2D eigenvalue weighted by molar-refractivity contribution is -0.117. The third-order valence-electron chi connectivity index (χ3n) is 4.05. The monoisotopic (exact) mass is 595 g/mol. The third-order valence-corrected chi connectivity index (χ3v) is 6.25. The van der Waals surface area contributed by atoms with Crippen molar-refractivity contribution < 1.29 is 14.3 Å². The molecule has 0 aliphatic rings. The molecule has 3 aromatic rings. The Morgan fingerprint density at radius 3 is 2.62 bits per heavy atom. The van der Waals surface area contributed by atoms with E-state index in [1.54, 1.807) is 36.4 Å². The number of hydrazone groups is 1. The van der Waals surface area contributed by atoms with E-state index in [0.29, 0.717) is 11.3 Å². The van der Waals surface area contributed by atoms with E-state index in [2.05, 4.69) is 47.7 Å². The summed E-state index contributed by atoms with van der Waals surface area (Å²) in [4.78, 5) is 26.3. The van der Waals surface area contributed by atoms with E-state index in [1.165, 1.54) is 24.7 Å². The molecule has 0 radical (unpaired) electrons. The highest BCUT2D eigenvalue weighted by molar-refractivity contribution is 9.11. The molecule has 2 aromatic carbocycles. The van der Waals surface area contributed by atoms with Crippen LogP contribution < -0.4 is 15.5 Å². The van der Waals surface area contributed by atoms with Crippen LogP contribution in [0.2, 0.25) is 5.02 Å². The van der Waals surface area contributed by atoms with Gasteiger partial charge in [0.15, 0.2) is 0 Å². The molecule has 0 unspecified atom stereocenters. The molecule has 0 aliphatic heterocycles. The first kappa shape index (κ1) is 24.2. The van der Waals surface area contributed by atoms with Gasteiger partial charge in [0.1, 0.15) is 11.4 Å². The van der Waals surface area contributed by atoms with Gasteiger partial charge >= 0.3 is 0 Å². The zero-order valence-electron chi connectivity index (χ0n) is 16.6. The maximum Gasteiger partial charge on any atom is 0.287 e. The summed E-state index contributed by atoms with van der Waals surface area (Å²) >= 11 is 14.4. The zero-order chi connectivity index (χ0) is 23.1. The molecule has 2 N–H and O–H groups in total. The van der Waals surface area contributed by atoms with Gasteiger partial charge in [0, 0.05) is 14.9 Å². The Morgan fingerprint density at radius 1 is 1.16 bits per heavy atom. The van der Waals surface area contributed by atoms with Crippen molar-refractivity contribution in [2.45, 2.75) is 0 Å². The molecule has 0 spiro atoms. The van der Waals surface area contributed by atoms with Crippen molar-refractivity contribution in [1.29, 1.82) is 0 Å². The van der Waals surface area contributed by atoms with Crippen molar-refractivity contribution in [3.63, 3.8) is 0 Å². The van der Waals surface area contributed by atoms with Gasteiger partial charge in [-0.2, -0.15) is 5.10 Å². The van der Waals surface area contributed by atoms with Gasteiger partial charge in [-0.15, -0.1) is 11.3 Å². The molecular weight excluding hydrogens is 582 g/mol. The van der Waals surface area contributed by atoms with Crippen molar-refractivity contribution in [2.24, 2.45) is 5.10 Å². The number of halogens is 3. The first-order chi connectivity index (χ1) is 15.4.